The van der Waals surface area contributed by atoms with Gasteiger partial charge in [0.05, 0.1) is 21.3 Å². The first-order chi connectivity index (χ1) is 13.7. The molecule has 29 heavy (non-hydrogen) atoms. The predicted octanol–water partition coefficient (Wildman–Crippen LogP) is 3.57. The van der Waals surface area contributed by atoms with Crippen molar-refractivity contribution < 1.29 is 22.6 Å². The van der Waals surface area contributed by atoms with Crippen molar-refractivity contribution in [3.63, 3.8) is 0 Å². The normalized spacial score (nSPS) is 11.5. The Bertz CT molecular complexity index is 1200. The largest absolute Gasteiger partial charge is 0.431 e. The van der Waals surface area contributed by atoms with Gasteiger partial charge in [-0.1, -0.05) is 24.8 Å². The quantitative estimate of drug-likeness (QED) is 0.338. The lowest BCUT2D eigenvalue weighted by Crippen LogP contribution is -2.15. The first-order valence-corrected chi connectivity index (χ1v) is 11.1. The summed E-state index contributed by atoms with van der Waals surface area (Å²) in [5.41, 5.74) is 1.40. The van der Waals surface area contributed by atoms with E-state index in [0.29, 0.717) is 16.7 Å². The Labute approximate surface area is 170 Å². The number of fused-ring (bicyclic) bond motifs is 1. The van der Waals surface area contributed by atoms with Gasteiger partial charge in [-0.05, 0) is 36.8 Å². The van der Waals surface area contributed by atoms with Crippen molar-refractivity contribution in [3.05, 3.63) is 52.1 Å². The van der Waals surface area contributed by atoms with E-state index in [1.54, 1.807) is 19.9 Å². The van der Waals surface area contributed by atoms with Crippen LogP contribution in [0, 0.1) is 17.0 Å². The fourth-order valence-corrected chi connectivity index (χ4v) is 4.06. The van der Waals surface area contributed by atoms with E-state index in [0.717, 1.165) is 11.8 Å². The molecule has 0 aliphatic heterocycles. The molecule has 0 bridgehead atoms. The number of nitrogens with zero attached hydrogens (tertiary/aromatic N) is 2. The van der Waals surface area contributed by atoms with E-state index in [4.69, 9.17) is 4.42 Å². The van der Waals surface area contributed by atoms with E-state index in [-0.39, 0.29) is 33.0 Å². The second kappa shape index (κ2) is 8.21. The third-order valence-corrected chi connectivity index (χ3v) is 6.59. The molecule has 0 radical (unpaired) electrons. The fraction of sp³-hybridized carbons (Fsp3) is 0.222. The Balaban J connectivity index is 1.71. The van der Waals surface area contributed by atoms with Crippen LogP contribution in [0.5, 0.6) is 0 Å². The molecule has 2 aromatic carbocycles. The van der Waals surface area contributed by atoms with Gasteiger partial charge in [-0.15, -0.1) is 0 Å². The zero-order chi connectivity index (χ0) is 21.2. The van der Waals surface area contributed by atoms with Gasteiger partial charge in [-0.3, -0.25) is 14.9 Å². The zero-order valence-electron chi connectivity index (χ0n) is 15.5. The number of carbonyl (C=O) groups excluding carboxylic acids is 1. The summed E-state index contributed by atoms with van der Waals surface area (Å²) in [7, 11) is -3.36. The van der Waals surface area contributed by atoms with Gasteiger partial charge >= 0.3 is 0 Å². The molecule has 3 aromatic rings. The van der Waals surface area contributed by atoms with Crippen molar-refractivity contribution in [1.82, 2.24) is 4.98 Å². The van der Waals surface area contributed by atoms with Gasteiger partial charge in [0.15, 0.2) is 15.4 Å². The smallest absolute Gasteiger partial charge is 0.293 e. The number of sulfone groups is 1. The summed E-state index contributed by atoms with van der Waals surface area (Å²) in [6.45, 7) is 3.28. The number of nitrogens with one attached hydrogen (secondary N) is 1. The number of anilines is 1. The molecule has 1 aromatic heterocycles. The number of nitro groups is 1. The summed E-state index contributed by atoms with van der Waals surface area (Å²) < 4.78 is 29.5. The molecular weight excluding hydrogens is 418 g/mol. The number of aromatic nitrogens is 1. The van der Waals surface area contributed by atoms with Crippen molar-refractivity contribution in [2.75, 3.05) is 16.8 Å². The van der Waals surface area contributed by atoms with Gasteiger partial charge in [-0.25, -0.2) is 13.4 Å². The molecule has 1 amide bonds. The number of amides is 1. The molecule has 1 N–H and O–H groups in total. The van der Waals surface area contributed by atoms with Gasteiger partial charge in [0.2, 0.25) is 5.91 Å². The molecule has 9 nitrogen and oxygen atoms in total. The fourth-order valence-electron chi connectivity index (χ4n) is 2.52. The summed E-state index contributed by atoms with van der Waals surface area (Å²) in [4.78, 5) is 27.1. The molecule has 3 rings (SSSR count). The Morgan fingerprint density at radius 1 is 1.28 bits per heavy atom. The average Bonchev–Trinajstić information content (AvgIpc) is 3.09. The van der Waals surface area contributed by atoms with Crippen molar-refractivity contribution >= 4 is 50.0 Å². The van der Waals surface area contributed by atoms with Crippen LogP contribution >= 0.6 is 11.8 Å². The van der Waals surface area contributed by atoms with Gasteiger partial charge in [0.25, 0.3) is 10.9 Å². The van der Waals surface area contributed by atoms with Crippen LogP contribution < -0.4 is 5.32 Å². The van der Waals surface area contributed by atoms with Gasteiger partial charge in [0, 0.05) is 6.07 Å². The number of oxazole rings is 1. The first-order valence-electron chi connectivity index (χ1n) is 8.50. The summed E-state index contributed by atoms with van der Waals surface area (Å²) in [5, 5.41) is 13.8. The zero-order valence-corrected chi connectivity index (χ0v) is 17.2. The molecular formula is C18H17N3O6S2. The van der Waals surface area contributed by atoms with E-state index in [9.17, 15) is 23.3 Å². The van der Waals surface area contributed by atoms with E-state index >= 15 is 0 Å². The maximum Gasteiger partial charge on any atom is 0.293 e. The van der Waals surface area contributed by atoms with E-state index in [1.807, 2.05) is 0 Å². The topological polar surface area (TPSA) is 132 Å². The molecule has 11 heteroatoms. The minimum atomic E-state index is -3.36. The highest BCUT2D eigenvalue weighted by Gasteiger charge is 2.18. The van der Waals surface area contributed by atoms with Crippen LogP contribution in [-0.4, -0.2) is 35.7 Å². The summed E-state index contributed by atoms with van der Waals surface area (Å²) in [6.07, 6.45) is 0. The Morgan fingerprint density at radius 3 is 2.72 bits per heavy atom. The first kappa shape index (κ1) is 20.8. The molecule has 0 aliphatic rings. The highest BCUT2D eigenvalue weighted by molar-refractivity contribution is 7.99. The molecule has 152 valence electrons. The Morgan fingerprint density at radius 2 is 2.03 bits per heavy atom. The van der Waals surface area contributed by atoms with Crippen LogP contribution in [0.4, 0.5) is 11.4 Å². The molecule has 1 heterocycles. The standard InChI is InChI=1S/C18H17N3O6S2/c1-3-29(25,26)12-5-7-16-14(9-12)20-18(27-16)28-10-17(22)19-13-6-4-11(2)8-15(13)21(23)24/h4-9H,3,10H2,1-2H3,(H,19,22). The number of thioether (sulfide) groups is 1. The molecule has 0 atom stereocenters. The number of carbonyl (C=O) groups is 1. The minimum absolute atomic E-state index is 0.0245. The monoisotopic (exact) mass is 435 g/mol. The number of hydrogen-bond acceptors (Lipinski definition) is 8. The maximum atomic E-state index is 12.2. The van der Waals surface area contributed by atoms with Gasteiger partial charge < -0.3 is 9.73 Å². The number of aryl methyl sites for hydroxylation is 1. The highest BCUT2D eigenvalue weighted by Crippen LogP contribution is 2.28. The van der Waals surface area contributed by atoms with Crippen molar-refractivity contribution in [2.24, 2.45) is 0 Å². The van der Waals surface area contributed by atoms with Crippen molar-refractivity contribution in [3.8, 4) is 0 Å². The number of hydrogen-bond donors (Lipinski definition) is 1. The molecule has 0 saturated heterocycles. The number of benzene rings is 2. The second-order valence-corrected chi connectivity index (χ2v) is 9.33. The lowest BCUT2D eigenvalue weighted by atomic mass is 10.2. The molecule has 0 fully saturated rings. The number of rotatable bonds is 7. The second-order valence-electron chi connectivity index (χ2n) is 6.13. The van der Waals surface area contributed by atoms with Crippen LogP contribution in [0.1, 0.15) is 12.5 Å². The van der Waals surface area contributed by atoms with E-state index in [2.05, 4.69) is 10.3 Å². The predicted molar refractivity (Wildman–Crippen MR) is 109 cm³/mol. The van der Waals surface area contributed by atoms with Crippen molar-refractivity contribution in [1.29, 1.82) is 0 Å². The third-order valence-electron chi connectivity index (χ3n) is 4.03. The molecule has 0 spiro atoms. The van der Waals surface area contributed by atoms with Crippen LogP contribution in [0.3, 0.4) is 0 Å². The third kappa shape index (κ3) is 4.74. The highest BCUT2D eigenvalue weighted by atomic mass is 32.2. The molecule has 0 aliphatic carbocycles. The van der Waals surface area contributed by atoms with Crippen LogP contribution in [0.15, 0.2) is 50.9 Å². The maximum absolute atomic E-state index is 12.2. The molecule has 0 saturated carbocycles. The van der Waals surface area contributed by atoms with Crippen LogP contribution in [0.25, 0.3) is 11.1 Å². The minimum Gasteiger partial charge on any atom is -0.431 e. The summed E-state index contributed by atoms with van der Waals surface area (Å²) in [5.74, 6) is -0.570. The van der Waals surface area contributed by atoms with E-state index in [1.165, 1.54) is 30.3 Å². The lowest BCUT2D eigenvalue weighted by molar-refractivity contribution is -0.384. The summed E-state index contributed by atoms with van der Waals surface area (Å²) in [6, 6.07) is 8.92. The molecule has 0 unspecified atom stereocenters. The number of nitro benzene ring substituents is 1. The van der Waals surface area contributed by atoms with Crippen molar-refractivity contribution in [2.45, 2.75) is 24.0 Å². The lowest BCUT2D eigenvalue weighted by Gasteiger charge is -2.05. The van der Waals surface area contributed by atoms with Gasteiger partial charge in [0.1, 0.15) is 11.2 Å². The van der Waals surface area contributed by atoms with Crippen LogP contribution in [-0.2, 0) is 14.6 Å². The van der Waals surface area contributed by atoms with Crippen LogP contribution in [0.2, 0.25) is 0 Å². The van der Waals surface area contributed by atoms with E-state index < -0.39 is 20.7 Å². The summed E-state index contributed by atoms with van der Waals surface area (Å²) >= 11 is 1.00. The SMILES string of the molecule is CCS(=O)(=O)c1ccc2oc(SCC(=O)Nc3ccc(C)cc3[N+](=O)[O-])nc2c1. The average molecular weight is 435 g/mol. The Kier molecular flexibility index (Phi) is 5.89. The van der Waals surface area contributed by atoms with Gasteiger partial charge in [-0.2, -0.15) is 0 Å². The Hall–Kier alpha value is -2.92.